The lowest BCUT2D eigenvalue weighted by Crippen LogP contribution is -2.38. The molecule has 0 fully saturated rings. The third-order valence-corrected chi connectivity index (χ3v) is 4.56. The second-order valence-corrected chi connectivity index (χ2v) is 7.26. The van der Waals surface area contributed by atoms with E-state index in [2.05, 4.69) is 21.5 Å². The first-order chi connectivity index (χ1) is 14.0. The second kappa shape index (κ2) is 19.7. The quantitative estimate of drug-likeness (QED) is 0.219. The highest BCUT2D eigenvalue weighted by Crippen LogP contribution is 2.13. The van der Waals surface area contributed by atoms with Crippen LogP contribution in [0.2, 0.25) is 0 Å². The van der Waals surface area contributed by atoms with Crippen LogP contribution in [0.5, 0.6) is 0 Å². The van der Waals surface area contributed by atoms with Crippen molar-refractivity contribution >= 4 is 25.2 Å². The monoisotopic (exact) mass is 414 g/mol. The Kier molecular flexibility index (Phi) is 18.6. The van der Waals surface area contributed by atoms with Gasteiger partial charge in [0, 0.05) is 6.42 Å². The number of hydrogen-bond donors (Lipinski definition) is 3. The van der Waals surface area contributed by atoms with Crippen molar-refractivity contribution in [3.05, 3.63) is 0 Å². The topological polar surface area (TPSA) is 128 Å². The van der Waals surface area contributed by atoms with Gasteiger partial charge in [-0.3, -0.25) is 14.4 Å². The van der Waals surface area contributed by atoms with Crippen LogP contribution < -0.4 is 11.1 Å². The molecule has 1 amide bonds. The molecule has 0 rings (SSSR count). The minimum absolute atomic E-state index is 0.163. The molecule has 0 aromatic rings. The number of amides is 1. The summed E-state index contributed by atoms with van der Waals surface area (Å²) in [7, 11) is -1.97. The van der Waals surface area contributed by atoms with Gasteiger partial charge in [0.05, 0.1) is 6.54 Å². The first-order valence-electron chi connectivity index (χ1n) is 11.0. The maximum Gasteiger partial charge on any atom is 0.789 e. The molecule has 0 bridgehead atoms. The molecule has 9 heteroatoms. The van der Waals surface area contributed by atoms with Crippen LogP contribution >= 0.6 is 0 Å². The van der Waals surface area contributed by atoms with Gasteiger partial charge in [-0.15, -0.1) is 0 Å². The number of carbonyl (C=O) groups excluding carboxylic acids is 3. The summed E-state index contributed by atoms with van der Waals surface area (Å²) in [4.78, 5) is 33.8. The Morgan fingerprint density at radius 1 is 0.793 bits per heavy atom. The summed E-state index contributed by atoms with van der Waals surface area (Å²) >= 11 is 0. The van der Waals surface area contributed by atoms with Crippen LogP contribution in [0, 0.1) is 0 Å². The standard InChI is InChI=1S/C20H39BN2O6/c1-2-3-4-5-6-7-8-9-10-11-12-13-14-15-19(25)28-21(27)29-20(26)17-23-18(24)16-22/h27H,2-17,22H2,1H3,(H,23,24). The fourth-order valence-corrected chi connectivity index (χ4v) is 2.88. The van der Waals surface area contributed by atoms with Crippen molar-refractivity contribution in [2.24, 2.45) is 5.73 Å². The number of nitrogens with one attached hydrogen (secondary N) is 1. The summed E-state index contributed by atoms with van der Waals surface area (Å²) < 4.78 is 9.05. The molecule has 0 atom stereocenters. The van der Waals surface area contributed by atoms with Gasteiger partial charge < -0.3 is 25.4 Å². The molecule has 0 aromatic heterocycles. The molecule has 29 heavy (non-hydrogen) atoms. The van der Waals surface area contributed by atoms with Crippen molar-refractivity contribution in [2.75, 3.05) is 13.1 Å². The molecule has 0 aromatic carbocycles. The van der Waals surface area contributed by atoms with E-state index in [1.54, 1.807) is 0 Å². The molecule has 0 heterocycles. The Balaban J connectivity index is 3.46. The first-order valence-corrected chi connectivity index (χ1v) is 11.0. The third-order valence-electron chi connectivity index (χ3n) is 4.56. The Morgan fingerprint density at radius 3 is 1.72 bits per heavy atom. The van der Waals surface area contributed by atoms with E-state index in [4.69, 9.17) is 5.73 Å². The van der Waals surface area contributed by atoms with E-state index in [9.17, 15) is 19.4 Å². The molecule has 0 saturated carbocycles. The molecule has 0 radical (unpaired) electrons. The predicted octanol–water partition coefficient (Wildman–Crippen LogP) is 2.61. The van der Waals surface area contributed by atoms with E-state index in [0.29, 0.717) is 6.42 Å². The van der Waals surface area contributed by atoms with Crippen molar-refractivity contribution in [3.63, 3.8) is 0 Å². The first kappa shape index (κ1) is 27.4. The molecule has 0 aliphatic heterocycles. The van der Waals surface area contributed by atoms with E-state index in [1.807, 2.05) is 0 Å². The minimum Gasteiger partial charge on any atom is -0.474 e. The molecule has 8 nitrogen and oxygen atoms in total. The Hall–Kier alpha value is -1.61. The van der Waals surface area contributed by atoms with Crippen LogP contribution in [0.25, 0.3) is 0 Å². The van der Waals surface area contributed by atoms with Crippen LogP contribution in [0.15, 0.2) is 0 Å². The molecule has 4 N–H and O–H groups in total. The zero-order valence-electron chi connectivity index (χ0n) is 18.0. The van der Waals surface area contributed by atoms with Crippen LogP contribution in [0.3, 0.4) is 0 Å². The summed E-state index contributed by atoms with van der Waals surface area (Å²) in [6.07, 6.45) is 15.9. The summed E-state index contributed by atoms with van der Waals surface area (Å²) in [5.74, 6) is -2.08. The summed E-state index contributed by atoms with van der Waals surface area (Å²) in [5.41, 5.74) is 5.07. The number of rotatable bonds is 19. The number of nitrogens with two attached hydrogens (primary N) is 1. The molecule has 0 unspecified atom stereocenters. The van der Waals surface area contributed by atoms with Gasteiger partial charge in [-0.05, 0) is 6.42 Å². The number of carbonyl (C=O) groups is 3. The maximum atomic E-state index is 11.6. The van der Waals surface area contributed by atoms with Crippen LogP contribution in [0.1, 0.15) is 96.8 Å². The van der Waals surface area contributed by atoms with Gasteiger partial charge in [-0.1, -0.05) is 84.0 Å². The molecule has 0 aliphatic carbocycles. The van der Waals surface area contributed by atoms with Crippen molar-refractivity contribution in [1.82, 2.24) is 5.32 Å². The van der Waals surface area contributed by atoms with Crippen molar-refractivity contribution in [3.8, 4) is 0 Å². The van der Waals surface area contributed by atoms with Crippen LogP contribution in [-0.4, -0.2) is 43.3 Å². The Morgan fingerprint density at radius 2 is 1.24 bits per heavy atom. The molecule has 0 aliphatic rings. The van der Waals surface area contributed by atoms with Crippen molar-refractivity contribution in [2.45, 2.75) is 96.8 Å². The Labute approximate surface area is 175 Å². The average Bonchev–Trinajstić information content (AvgIpc) is 2.69. The zero-order valence-corrected chi connectivity index (χ0v) is 18.0. The van der Waals surface area contributed by atoms with Crippen molar-refractivity contribution in [1.29, 1.82) is 0 Å². The van der Waals surface area contributed by atoms with E-state index < -0.39 is 31.7 Å². The normalized spacial score (nSPS) is 10.4. The van der Waals surface area contributed by atoms with Gasteiger partial charge in [0.15, 0.2) is 0 Å². The lowest BCUT2D eigenvalue weighted by molar-refractivity contribution is -0.143. The van der Waals surface area contributed by atoms with E-state index in [-0.39, 0.29) is 13.0 Å². The van der Waals surface area contributed by atoms with Crippen LogP contribution in [-0.2, 0) is 23.7 Å². The molecular weight excluding hydrogens is 375 g/mol. The highest BCUT2D eigenvalue weighted by molar-refractivity contribution is 6.40. The molecule has 168 valence electrons. The summed E-state index contributed by atoms with van der Waals surface area (Å²) in [5, 5.41) is 11.6. The largest absolute Gasteiger partial charge is 0.789 e. The summed E-state index contributed by atoms with van der Waals surface area (Å²) in [6.45, 7) is 1.52. The predicted molar refractivity (Wildman–Crippen MR) is 113 cm³/mol. The average molecular weight is 414 g/mol. The SMILES string of the molecule is CCCCCCCCCCCCCCCC(=O)OB(O)OC(=O)CNC(=O)CN. The highest BCUT2D eigenvalue weighted by atomic mass is 16.7. The number of unbranched alkanes of at least 4 members (excludes halogenated alkanes) is 12. The summed E-state index contributed by atoms with van der Waals surface area (Å²) in [6, 6.07) is 0. The van der Waals surface area contributed by atoms with Gasteiger partial charge >= 0.3 is 13.3 Å². The minimum atomic E-state index is -1.97. The van der Waals surface area contributed by atoms with Gasteiger partial charge in [-0.25, -0.2) is 0 Å². The van der Waals surface area contributed by atoms with E-state index in [1.165, 1.54) is 64.2 Å². The van der Waals surface area contributed by atoms with E-state index >= 15 is 0 Å². The smallest absolute Gasteiger partial charge is 0.474 e. The maximum absolute atomic E-state index is 11.6. The highest BCUT2D eigenvalue weighted by Gasteiger charge is 2.26. The fourth-order valence-electron chi connectivity index (χ4n) is 2.88. The number of hydrogen-bond acceptors (Lipinski definition) is 7. The van der Waals surface area contributed by atoms with Gasteiger partial charge in [0.2, 0.25) is 5.91 Å². The van der Waals surface area contributed by atoms with Crippen LogP contribution in [0.4, 0.5) is 0 Å². The zero-order chi connectivity index (χ0) is 21.7. The fraction of sp³-hybridized carbons (Fsp3) is 0.850. The molecular formula is C20H39BN2O6. The Bertz CT molecular complexity index is 451. The lowest BCUT2D eigenvalue weighted by Gasteiger charge is -2.09. The lowest BCUT2D eigenvalue weighted by atomic mass is 10.0. The molecule has 0 saturated heterocycles. The molecule has 0 spiro atoms. The third kappa shape index (κ3) is 19.5. The van der Waals surface area contributed by atoms with Gasteiger partial charge in [0.1, 0.15) is 6.54 Å². The van der Waals surface area contributed by atoms with Gasteiger partial charge in [0.25, 0.3) is 5.97 Å². The second-order valence-electron chi connectivity index (χ2n) is 7.26. The van der Waals surface area contributed by atoms with Gasteiger partial charge in [-0.2, -0.15) is 0 Å². The van der Waals surface area contributed by atoms with E-state index in [0.717, 1.165) is 12.8 Å². The van der Waals surface area contributed by atoms with Crippen molar-refractivity contribution < 1.29 is 28.7 Å².